The molecule has 0 aliphatic carbocycles. The van der Waals surface area contributed by atoms with Crippen molar-refractivity contribution < 1.29 is 14.4 Å². The summed E-state index contributed by atoms with van der Waals surface area (Å²) >= 11 is 6.11. The fourth-order valence-electron chi connectivity index (χ4n) is 4.83. The van der Waals surface area contributed by atoms with E-state index in [-0.39, 0.29) is 36.9 Å². The van der Waals surface area contributed by atoms with Gasteiger partial charge in [-0.25, -0.2) is 0 Å². The van der Waals surface area contributed by atoms with Gasteiger partial charge in [0.05, 0.1) is 6.42 Å². The molecule has 1 N–H and O–H groups in total. The Labute approximate surface area is 205 Å². The number of anilines is 1. The van der Waals surface area contributed by atoms with E-state index in [0.29, 0.717) is 18.1 Å². The van der Waals surface area contributed by atoms with Gasteiger partial charge in [0, 0.05) is 49.9 Å². The third-order valence-electron chi connectivity index (χ3n) is 6.62. The fourth-order valence-corrected chi connectivity index (χ4v) is 5.01. The minimum Gasteiger partial charge on any atom is -0.368 e. The lowest BCUT2D eigenvalue weighted by Crippen LogP contribution is -2.50. The van der Waals surface area contributed by atoms with Crippen LogP contribution in [0.2, 0.25) is 5.02 Å². The molecule has 2 aliphatic rings. The summed E-state index contributed by atoms with van der Waals surface area (Å²) in [6, 6.07) is 15.5. The average molecular weight is 483 g/mol. The molecule has 180 valence electrons. The molecule has 2 aliphatic heterocycles. The van der Waals surface area contributed by atoms with Gasteiger partial charge in [-0.15, -0.1) is 0 Å². The molecule has 4 rings (SSSR count). The van der Waals surface area contributed by atoms with Gasteiger partial charge >= 0.3 is 0 Å². The van der Waals surface area contributed by atoms with E-state index in [1.807, 2.05) is 67.5 Å². The molecule has 1 unspecified atom stereocenters. The molecule has 0 aromatic heterocycles. The predicted octanol–water partition coefficient (Wildman–Crippen LogP) is 2.81. The van der Waals surface area contributed by atoms with E-state index in [2.05, 4.69) is 15.1 Å². The first-order valence-electron chi connectivity index (χ1n) is 11.6. The van der Waals surface area contributed by atoms with E-state index in [1.54, 1.807) is 0 Å². The second-order valence-electron chi connectivity index (χ2n) is 9.34. The minimum atomic E-state index is -1.13. The van der Waals surface area contributed by atoms with Gasteiger partial charge in [0.15, 0.2) is 5.78 Å². The fraction of sp³-hybridized carbons (Fsp3) is 0.423. The Bertz CT molecular complexity index is 1060. The molecule has 7 nitrogen and oxygen atoms in total. The zero-order chi connectivity index (χ0) is 24.3. The molecular formula is C26H31ClN4O3. The SMILES string of the molecule is CN(C)Cc1ccc(C2(CCC(=O)N3CCN(c4cccc(Cl)c4)CC3)NC(=O)CC2=O)cc1. The monoisotopic (exact) mass is 482 g/mol. The second kappa shape index (κ2) is 10.2. The highest BCUT2D eigenvalue weighted by molar-refractivity contribution is 6.30. The number of piperazine rings is 1. The molecule has 0 saturated carbocycles. The Kier molecular flexibility index (Phi) is 7.24. The van der Waals surface area contributed by atoms with Crippen LogP contribution in [-0.2, 0) is 26.5 Å². The van der Waals surface area contributed by atoms with Crippen molar-refractivity contribution in [3.05, 3.63) is 64.7 Å². The summed E-state index contributed by atoms with van der Waals surface area (Å²) in [5.41, 5.74) is 1.78. The number of nitrogens with zero attached hydrogens (tertiary/aromatic N) is 3. The maximum atomic E-state index is 13.0. The van der Waals surface area contributed by atoms with Crippen LogP contribution in [0.15, 0.2) is 48.5 Å². The standard InChI is InChI=1S/C26H31ClN4O3/c1-29(2)18-19-6-8-20(9-7-19)26(23(32)17-24(33)28-26)11-10-25(34)31-14-12-30(13-15-31)22-5-3-4-21(27)16-22/h3-9,16H,10-15,17-18H2,1-2H3,(H,28,33). The molecule has 2 heterocycles. The van der Waals surface area contributed by atoms with Crippen molar-refractivity contribution in [3.8, 4) is 0 Å². The number of rotatable bonds is 7. The summed E-state index contributed by atoms with van der Waals surface area (Å²) in [5, 5.41) is 3.59. The maximum absolute atomic E-state index is 13.0. The Balaban J connectivity index is 1.41. The molecule has 0 bridgehead atoms. The van der Waals surface area contributed by atoms with Crippen LogP contribution < -0.4 is 10.2 Å². The Morgan fingerprint density at radius 1 is 1.06 bits per heavy atom. The molecule has 1 atom stereocenters. The Hall–Kier alpha value is -2.90. The van der Waals surface area contributed by atoms with Crippen molar-refractivity contribution in [1.82, 2.24) is 15.1 Å². The van der Waals surface area contributed by atoms with Crippen LogP contribution >= 0.6 is 11.6 Å². The van der Waals surface area contributed by atoms with Crippen molar-refractivity contribution in [2.24, 2.45) is 0 Å². The second-order valence-corrected chi connectivity index (χ2v) is 9.77. The van der Waals surface area contributed by atoms with E-state index in [9.17, 15) is 14.4 Å². The number of nitrogens with one attached hydrogen (secondary N) is 1. The number of hydrogen-bond acceptors (Lipinski definition) is 5. The summed E-state index contributed by atoms with van der Waals surface area (Å²) in [7, 11) is 3.99. The van der Waals surface area contributed by atoms with Crippen LogP contribution in [0.1, 0.15) is 30.4 Å². The Morgan fingerprint density at radius 3 is 2.35 bits per heavy atom. The number of carbonyl (C=O) groups is 3. The van der Waals surface area contributed by atoms with Gasteiger partial charge in [-0.1, -0.05) is 41.9 Å². The molecule has 8 heteroatoms. The van der Waals surface area contributed by atoms with Crippen molar-refractivity contribution in [3.63, 3.8) is 0 Å². The summed E-state index contributed by atoms with van der Waals surface area (Å²) in [4.78, 5) is 44.3. The molecular weight excluding hydrogens is 452 g/mol. The van der Waals surface area contributed by atoms with Crippen LogP contribution in [0.4, 0.5) is 5.69 Å². The van der Waals surface area contributed by atoms with Crippen LogP contribution in [0.25, 0.3) is 0 Å². The first-order chi connectivity index (χ1) is 16.3. The highest BCUT2D eigenvalue weighted by atomic mass is 35.5. The zero-order valence-electron chi connectivity index (χ0n) is 19.7. The van der Waals surface area contributed by atoms with Gasteiger partial charge in [0.1, 0.15) is 5.54 Å². The van der Waals surface area contributed by atoms with Gasteiger partial charge in [-0.2, -0.15) is 0 Å². The van der Waals surface area contributed by atoms with Crippen LogP contribution in [0.5, 0.6) is 0 Å². The first-order valence-corrected chi connectivity index (χ1v) is 12.0. The number of amides is 2. The smallest absolute Gasteiger partial charge is 0.228 e. The van der Waals surface area contributed by atoms with E-state index < -0.39 is 5.54 Å². The molecule has 0 spiro atoms. The van der Waals surface area contributed by atoms with E-state index in [4.69, 9.17) is 11.6 Å². The van der Waals surface area contributed by atoms with Crippen LogP contribution in [0.3, 0.4) is 0 Å². The lowest BCUT2D eigenvalue weighted by atomic mass is 9.82. The zero-order valence-corrected chi connectivity index (χ0v) is 20.5. The normalized spacial score (nSPS) is 20.7. The first kappa shape index (κ1) is 24.2. The van der Waals surface area contributed by atoms with Crippen molar-refractivity contribution >= 4 is 34.9 Å². The van der Waals surface area contributed by atoms with Gasteiger partial charge < -0.3 is 20.0 Å². The summed E-state index contributed by atoms with van der Waals surface area (Å²) in [6.45, 7) is 3.45. The van der Waals surface area contributed by atoms with Crippen LogP contribution in [-0.4, -0.2) is 67.7 Å². The number of hydrogen-bond donors (Lipinski definition) is 1. The minimum absolute atomic E-state index is 0.00305. The van der Waals surface area contributed by atoms with Crippen molar-refractivity contribution in [2.45, 2.75) is 31.3 Å². The Morgan fingerprint density at radius 2 is 1.76 bits per heavy atom. The lowest BCUT2D eigenvalue weighted by molar-refractivity contribution is -0.132. The summed E-state index contributed by atoms with van der Waals surface area (Å²) < 4.78 is 0. The molecule has 34 heavy (non-hydrogen) atoms. The predicted molar refractivity (Wildman–Crippen MR) is 133 cm³/mol. The quantitative estimate of drug-likeness (QED) is 0.614. The molecule has 2 aromatic rings. The van der Waals surface area contributed by atoms with Gasteiger partial charge in [0.2, 0.25) is 11.8 Å². The summed E-state index contributed by atoms with van der Waals surface area (Å²) in [6.07, 6.45) is 0.312. The van der Waals surface area contributed by atoms with Crippen molar-refractivity contribution in [1.29, 1.82) is 0 Å². The third-order valence-corrected chi connectivity index (χ3v) is 6.85. The molecule has 2 saturated heterocycles. The number of carbonyl (C=O) groups excluding carboxylic acids is 3. The highest BCUT2D eigenvalue weighted by Gasteiger charge is 2.47. The molecule has 2 aromatic carbocycles. The van der Waals surface area contributed by atoms with Gasteiger partial charge in [-0.05, 0) is 49.8 Å². The topological polar surface area (TPSA) is 73.0 Å². The van der Waals surface area contributed by atoms with Crippen molar-refractivity contribution in [2.75, 3.05) is 45.2 Å². The van der Waals surface area contributed by atoms with E-state index in [1.165, 1.54) is 0 Å². The van der Waals surface area contributed by atoms with Crippen LogP contribution in [0, 0.1) is 0 Å². The third kappa shape index (κ3) is 5.26. The highest BCUT2D eigenvalue weighted by Crippen LogP contribution is 2.34. The molecule has 2 amide bonds. The number of Topliss-reactive ketones (excluding diaryl/α,β-unsaturated/α-hetero) is 1. The lowest BCUT2D eigenvalue weighted by Gasteiger charge is -2.37. The molecule has 0 radical (unpaired) electrons. The van der Waals surface area contributed by atoms with Gasteiger partial charge in [-0.3, -0.25) is 14.4 Å². The largest absolute Gasteiger partial charge is 0.368 e. The van der Waals surface area contributed by atoms with E-state index in [0.717, 1.165) is 36.4 Å². The van der Waals surface area contributed by atoms with E-state index >= 15 is 0 Å². The van der Waals surface area contributed by atoms with Gasteiger partial charge in [0.25, 0.3) is 0 Å². The molecule has 2 fully saturated rings. The summed E-state index contributed by atoms with van der Waals surface area (Å²) in [5.74, 6) is -0.454. The number of ketones is 1. The number of benzene rings is 2. The average Bonchev–Trinajstić information content (AvgIpc) is 3.11. The maximum Gasteiger partial charge on any atom is 0.228 e. The number of halogens is 1.